The lowest BCUT2D eigenvalue weighted by atomic mass is 9.92. The molecule has 1 N–H and O–H groups in total. The molecule has 1 unspecified atom stereocenters. The molecule has 1 saturated carbocycles. The molecule has 2 rings (SSSR count). The molecule has 1 fully saturated rings. The molecule has 1 aromatic heterocycles. The van der Waals surface area contributed by atoms with Crippen LogP contribution in [0.15, 0.2) is 10.7 Å². The van der Waals surface area contributed by atoms with Crippen molar-refractivity contribution in [2.75, 3.05) is 5.32 Å². The number of halogens is 1. The quantitative estimate of drug-likeness (QED) is 0.671. The summed E-state index contributed by atoms with van der Waals surface area (Å²) in [4.78, 5) is 14.6. The van der Waals surface area contributed by atoms with Gasteiger partial charge in [-0.1, -0.05) is 13.8 Å². The van der Waals surface area contributed by atoms with Gasteiger partial charge in [0.2, 0.25) is 0 Å². The Morgan fingerprint density at radius 2 is 2.26 bits per heavy atom. The van der Waals surface area contributed by atoms with Gasteiger partial charge in [0.05, 0.1) is 9.40 Å². The maximum Gasteiger partial charge on any atom is 0.291 e. The van der Waals surface area contributed by atoms with Crippen molar-refractivity contribution in [3.05, 3.63) is 26.3 Å². The number of rotatable bonds is 3. The summed E-state index contributed by atoms with van der Waals surface area (Å²) in [5.41, 5.74) is 1.02. The summed E-state index contributed by atoms with van der Waals surface area (Å²) in [5.74, 6) is 0.700. The van der Waals surface area contributed by atoms with Crippen molar-refractivity contribution < 1.29 is 4.92 Å². The number of aromatic nitrogens is 1. The zero-order chi connectivity index (χ0) is 14.2. The van der Waals surface area contributed by atoms with E-state index in [9.17, 15) is 10.1 Å². The standard InChI is InChI=1S/C13H18BrN3O2/c1-8-10(17(18)19)7-15-12(11(8)14)16-9-4-5-13(2,3)6-9/h7,9H,4-6H2,1-3H3,(H,15,16). The SMILES string of the molecule is Cc1c([N+](=O)[O-])cnc(NC2CCC(C)(C)C2)c1Br. The van der Waals surface area contributed by atoms with Crippen LogP contribution < -0.4 is 5.32 Å². The first-order chi connectivity index (χ1) is 8.80. The first-order valence-electron chi connectivity index (χ1n) is 6.36. The zero-order valence-electron chi connectivity index (χ0n) is 11.4. The molecular formula is C13H18BrN3O2. The third-order valence-corrected chi connectivity index (χ3v) is 4.71. The molecule has 5 nitrogen and oxygen atoms in total. The lowest BCUT2D eigenvalue weighted by Crippen LogP contribution is -2.19. The van der Waals surface area contributed by atoms with Gasteiger partial charge in [0, 0.05) is 11.6 Å². The van der Waals surface area contributed by atoms with Crippen LogP contribution in [0, 0.1) is 22.5 Å². The number of nitrogens with one attached hydrogen (secondary N) is 1. The second kappa shape index (κ2) is 5.07. The minimum atomic E-state index is -0.407. The van der Waals surface area contributed by atoms with Crippen molar-refractivity contribution >= 4 is 27.4 Å². The van der Waals surface area contributed by atoms with E-state index in [4.69, 9.17) is 0 Å². The van der Waals surface area contributed by atoms with Crippen LogP contribution in [-0.2, 0) is 0 Å². The molecule has 0 aromatic carbocycles. The highest BCUT2D eigenvalue weighted by molar-refractivity contribution is 9.10. The van der Waals surface area contributed by atoms with Gasteiger partial charge < -0.3 is 5.32 Å². The average Bonchev–Trinajstić information content (AvgIpc) is 2.64. The van der Waals surface area contributed by atoms with Crippen LogP contribution in [0.1, 0.15) is 38.7 Å². The largest absolute Gasteiger partial charge is 0.366 e. The molecule has 0 saturated heterocycles. The molecule has 19 heavy (non-hydrogen) atoms. The Balaban J connectivity index is 2.18. The zero-order valence-corrected chi connectivity index (χ0v) is 13.0. The molecule has 6 heteroatoms. The van der Waals surface area contributed by atoms with Crippen LogP contribution in [-0.4, -0.2) is 15.9 Å². The second-order valence-corrected chi connectivity index (χ2v) is 6.73. The molecule has 1 heterocycles. The third kappa shape index (κ3) is 3.05. The summed E-state index contributed by atoms with van der Waals surface area (Å²) >= 11 is 3.41. The van der Waals surface area contributed by atoms with Gasteiger partial charge in [-0.05, 0) is 47.5 Å². The van der Waals surface area contributed by atoms with E-state index in [1.165, 1.54) is 12.6 Å². The molecule has 104 valence electrons. The molecule has 1 aliphatic carbocycles. The van der Waals surface area contributed by atoms with Crippen molar-refractivity contribution in [2.24, 2.45) is 5.41 Å². The molecule has 0 spiro atoms. The minimum Gasteiger partial charge on any atom is -0.366 e. The highest BCUT2D eigenvalue weighted by atomic mass is 79.9. The van der Waals surface area contributed by atoms with Crippen LogP contribution >= 0.6 is 15.9 Å². The number of nitrogens with zero attached hydrogens (tertiary/aromatic N) is 2. The molecular weight excluding hydrogens is 310 g/mol. The van der Waals surface area contributed by atoms with Gasteiger partial charge in [-0.15, -0.1) is 0 Å². The van der Waals surface area contributed by atoms with Gasteiger partial charge in [-0.25, -0.2) is 4.98 Å². The van der Waals surface area contributed by atoms with E-state index < -0.39 is 4.92 Å². The van der Waals surface area contributed by atoms with Crippen LogP contribution in [0.25, 0.3) is 0 Å². The van der Waals surface area contributed by atoms with E-state index >= 15 is 0 Å². The first-order valence-corrected chi connectivity index (χ1v) is 7.15. The molecule has 1 aromatic rings. The summed E-state index contributed by atoms with van der Waals surface area (Å²) in [6.07, 6.45) is 4.71. The second-order valence-electron chi connectivity index (χ2n) is 5.94. The molecule has 0 radical (unpaired) electrons. The number of hydrogen-bond donors (Lipinski definition) is 1. The Bertz CT molecular complexity index is 517. The first kappa shape index (κ1) is 14.2. The van der Waals surface area contributed by atoms with E-state index in [0.717, 1.165) is 12.8 Å². The van der Waals surface area contributed by atoms with Crippen molar-refractivity contribution in [1.29, 1.82) is 0 Å². The Labute approximate surface area is 121 Å². The minimum absolute atomic E-state index is 0.0455. The van der Waals surface area contributed by atoms with E-state index in [0.29, 0.717) is 27.3 Å². The summed E-state index contributed by atoms with van der Waals surface area (Å²) in [6.45, 7) is 6.25. The summed E-state index contributed by atoms with van der Waals surface area (Å²) < 4.78 is 0.686. The fourth-order valence-electron chi connectivity index (χ4n) is 2.61. The van der Waals surface area contributed by atoms with Crippen molar-refractivity contribution in [3.63, 3.8) is 0 Å². The number of nitro groups is 1. The topological polar surface area (TPSA) is 68.1 Å². The van der Waals surface area contributed by atoms with E-state index in [2.05, 4.69) is 40.1 Å². The number of pyridine rings is 1. The number of anilines is 1. The monoisotopic (exact) mass is 327 g/mol. The molecule has 1 aliphatic rings. The van der Waals surface area contributed by atoms with Gasteiger partial charge in [0.1, 0.15) is 12.0 Å². The van der Waals surface area contributed by atoms with Crippen molar-refractivity contribution in [2.45, 2.75) is 46.1 Å². The van der Waals surface area contributed by atoms with Crippen LogP contribution in [0.2, 0.25) is 0 Å². The molecule has 0 aliphatic heterocycles. The lowest BCUT2D eigenvalue weighted by Gasteiger charge is -2.19. The van der Waals surface area contributed by atoms with Gasteiger partial charge in [0.25, 0.3) is 5.69 Å². The summed E-state index contributed by atoms with van der Waals surface area (Å²) in [5, 5.41) is 14.2. The lowest BCUT2D eigenvalue weighted by molar-refractivity contribution is -0.385. The van der Waals surface area contributed by atoms with Crippen LogP contribution in [0.4, 0.5) is 11.5 Å². The normalized spacial score (nSPS) is 21.4. The maximum absolute atomic E-state index is 10.8. The van der Waals surface area contributed by atoms with E-state index in [1.807, 2.05) is 0 Å². The fourth-order valence-corrected chi connectivity index (χ4v) is 3.03. The third-order valence-electron chi connectivity index (χ3n) is 3.74. The van der Waals surface area contributed by atoms with Gasteiger partial charge in [0.15, 0.2) is 0 Å². The Hall–Kier alpha value is -1.17. The van der Waals surface area contributed by atoms with Crippen LogP contribution in [0.5, 0.6) is 0 Å². The fraction of sp³-hybridized carbons (Fsp3) is 0.615. The Morgan fingerprint density at radius 1 is 1.58 bits per heavy atom. The maximum atomic E-state index is 10.8. The average molecular weight is 328 g/mol. The molecule has 1 atom stereocenters. The Kier molecular flexibility index (Phi) is 3.80. The highest BCUT2D eigenvalue weighted by Crippen LogP contribution is 2.39. The van der Waals surface area contributed by atoms with Crippen molar-refractivity contribution in [3.8, 4) is 0 Å². The summed E-state index contributed by atoms with van der Waals surface area (Å²) in [7, 11) is 0. The Morgan fingerprint density at radius 3 is 2.79 bits per heavy atom. The number of hydrogen-bond acceptors (Lipinski definition) is 4. The van der Waals surface area contributed by atoms with E-state index in [1.54, 1.807) is 6.92 Å². The molecule has 0 amide bonds. The van der Waals surface area contributed by atoms with E-state index in [-0.39, 0.29) is 5.69 Å². The summed E-state index contributed by atoms with van der Waals surface area (Å²) in [6, 6.07) is 0.389. The smallest absolute Gasteiger partial charge is 0.291 e. The van der Waals surface area contributed by atoms with Gasteiger partial charge >= 0.3 is 0 Å². The predicted octanol–water partition coefficient (Wildman–Crippen LogP) is 4.05. The molecule has 0 bridgehead atoms. The predicted molar refractivity (Wildman–Crippen MR) is 78.4 cm³/mol. The highest BCUT2D eigenvalue weighted by Gasteiger charge is 2.31. The van der Waals surface area contributed by atoms with Gasteiger partial charge in [-0.2, -0.15) is 0 Å². The van der Waals surface area contributed by atoms with Crippen molar-refractivity contribution in [1.82, 2.24) is 4.98 Å². The van der Waals surface area contributed by atoms with Crippen LogP contribution in [0.3, 0.4) is 0 Å². The van der Waals surface area contributed by atoms with Gasteiger partial charge in [-0.3, -0.25) is 10.1 Å².